The molecule has 2 rings (SSSR count). The predicted octanol–water partition coefficient (Wildman–Crippen LogP) is 0.770. The monoisotopic (exact) mass is 176 g/mol. The van der Waals surface area contributed by atoms with Crippen LogP contribution >= 0.6 is 0 Å². The van der Waals surface area contributed by atoms with E-state index in [9.17, 15) is 4.79 Å². The average molecular weight is 176 g/mol. The molecule has 8 nitrogen and oxygen atoms in total. The van der Waals surface area contributed by atoms with E-state index in [-0.39, 0.29) is 17.5 Å². The lowest BCUT2D eigenvalue weighted by atomic mass is 10.4. The van der Waals surface area contributed by atoms with Crippen LogP contribution in [0.25, 0.3) is 10.4 Å². The van der Waals surface area contributed by atoms with Crippen LogP contribution in [0.5, 0.6) is 0 Å². The molecular formula is C5H2N7O. The number of fused-ring (bicyclic) bond motifs is 1. The van der Waals surface area contributed by atoms with Crippen LogP contribution in [-0.4, -0.2) is 22.2 Å². The van der Waals surface area contributed by atoms with Crippen molar-refractivity contribution in [3.8, 4) is 0 Å². The number of H-pyrrole nitrogens is 1. The number of hydrogen-bond acceptors (Lipinski definition) is 4. The maximum absolute atomic E-state index is 11.0. The second-order valence-corrected chi connectivity index (χ2v) is 2.13. The fourth-order valence-electron chi connectivity index (χ4n) is 0.885. The smallest absolute Gasteiger partial charge is 0.298 e. The van der Waals surface area contributed by atoms with Crippen LogP contribution < -0.4 is 5.32 Å². The standard InChI is InChI=1S/C5H2N7O/c6-12-11-5-9-2-3(10-5)7-1-8-4(2)13/h1H,(H,9,10). The van der Waals surface area contributed by atoms with E-state index in [0.29, 0.717) is 0 Å². The Labute approximate surface area is 71.3 Å². The van der Waals surface area contributed by atoms with Crippen molar-refractivity contribution in [1.29, 1.82) is 0 Å². The molecule has 0 saturated heterocycles. The lowest BCUT2D eigenvalue weighted by Gasteiger charge is -1.98. The third-order valence-corrected chi connectivity index (χ3v) is 1.38. The van der Waals surface area contributed by atoms with Gasteiger partial charge in [-0.2, -0.15) is 5.32 Å². The van der Waals surface area contributed by atoms with Gasteiger partial charge < -0.3 is 4.98 Å². The van der Waals surface area contributed by atoms with Crippen molar-refractivity contribution >= 4 is 24.0 Å². The highest BCUT2D eigenvalue weighted by molar-refractivity contribution is 6.05. The van der Waals surface area contributed by atoms with Gasteiger partial charge in [-0.3, -0.25) is 4.79 Å². The summed E-state index contributed by atoms with van der Waals surface area (Å²) in [5.74, 6) is -0.269. The summed E-state index contributed by atoms with van der Waals surface area (Å²) >= 11 is 0. The summed E-state index contributed by atoms with van der Waals surface area (Å²) < 4.78 is 0. The Morgan fingerprint density at radius 3 is 3.15 bits per heavy atom. The fraction of sp³-hybridized carbons (Fsp3) is 0. The van der Waals surface area contributed by atoms with Crippen molar-refractivity contribution in [3.05, 3.63) is 16.1 Å². The topological polar surface area (TPSA) is 121 Å². The molecule has 13 heavy (non-hydrogen) atoms. The van der Waals surface area contributed by atoms with Gasteiger partial charge in [-0.1, -0.05) is 0 Å². The molecule has 1 aromatic heterocycles. The maximum atomic E-state index is 11.0. The highest BCUT2D eigenvalue weighted by atomic mass is 16.2. The van der Waals surface area contributed by atoms with E-state index >= 15 is 0 Å². The molecule has 0 aromatic carbocycles. The summed E-state index contributed by atoms with van der Waals surface area (Å²) in [6, 6.07) is 0. The molecule has 0 saturated carbocycles. The Kier molecular flexibility index (Phi) is 1.47. The van der Waals surface area contributed by atoms with Crippen molar-refractivity contribution < 1.29 is 4.79 Å². The SMILES string of the molecule is [N-]=[N+]=Nc1nc2c([nH]1)C(=O)[N]C=N2. The molecular weight excluding hydrogens is 174 g/mol. The Morgan fingerprint density at radius 1 is 1.62 bits per heavy atom. The van der Waals surface area contributed by atoms with Gasteiger partial charge in [0.05, 0.1) is 0 Å². The number of imidazole rings is 1. The number of aromatic nitrogens is 2. The zero-order valence-corrected chi connectivity index (χ0v) is 6.17. The van der Waals surface area contributed by atoms with Crippen molar-refractivity contribution in [2.45, 2.75) is 0 Å². The average Bonchev–Trinajstić information content (AvgIpc) is 2.49. The van der Waals surface area contributed by atoms with Gasteiger partial charge in [0.2, 0.25) is 0 Å². The third-order valence-electron chi connectivity index (χ3n) is 1.38. The minimum atomic E-state index is -0.475. The van der Waals surface area contributed by atoms with E-state index in [0.717, 1.165) is 6.34 Å². The quantitative estimate of drug-likeness (QED) is 0.386. The Balaban J connectivity index is 2.54. The summed E-state index contributed by atoms with van der Waals surface area (Å²) in [7, 11) is 0. The van der Waals surface area contributed by atoms with Gasteiger partial charge in [0.15, 0.2) is 17.5 Å². The zero-order valence-electron chi connectivity index (χ0n) is 6.17. The van der Waals surface area contributed by atoms with E-state index in [1.807, 2.05) is 0 Å². The molecule has 1 aromatic rings. The van der Waals surface area contributed by atoms with E-state index in [1.54, 1.807) is 0 Å². The van der Waals surface area contributed by atoms with E-state index in [2.05, 4.69) is 30.3 Å². The second kappa shape index (κ2) is 2.61. The lowest BCUT2D eigenvalue weighted by molar-refractivity contribution is 0.0970. The number of carbonyl (C=O) groups excluding carboxylic acids is 1. The summed E-state index contributed by atoms with van der Waals surface area (Å²) in [6.45, 7) is 0. The molecule has 1 amide bonds. The van der Waals surface area contributed by atoms with Gasteiger partial charge in [-0.05, 0) is 10.6 Å². The van der Waals surface area contributed by atoms with E-state index in [1.165, 1.54) is 0 Å². The summed E-state index contributed by atoms with van der Waals surface area (Å²) in [5, 5.41) is 6.60. The summed E-state index contributed by atoms with van der Waals surface area (Å²) in [4.78, 5) is 23.5. The Hall–Kier alpha value is -2.34. The first-order chi connectivity index (χ1) is 6.31. The van der Waals surface area contributed by atoms with Crippen molar-refractivity contribution in [3.63, 3.8) is 0 Å². The van der Waals surface area contributed by atoms with Crippen LogP contribution in [0.3, 0.4) is 0 Å². The van der Waals surface area contributed by atoms with Crippen LogP contribution in [0.1, 0.15) is 10.5 Å². The van der Waals surface area contributed by atoms with Crippen LogP contribution in [-0.2, 0) is 0 Å². The fourth-order valence-corrected chi connectivity index (χ4v) is 0.885. The van der Waals surface area contributed by atoms with Crippen LogP contribution in [0, 0.1) is 0 Å². The number of nitrogens with zero attached hydrogens (tertiary/aromatic N) is 6. The van der Waals surface area contributed by atoms with Gasteiger partial charge in [-0.25, -0.2) is 9.98 Å². The maximum Gasteiger partial charge on any atom is 0.298 e. The number of rotatable bonds is 1. The molecule has 1 N–H and O–H groups in total. The number of amides is 1. The van der Waals surface area contributed by atoms with Gasteiger partial charge in [0, 0.05) is 4.91 Å². The van der Waals surface area contributed by atoms with E-state index < -0.39 is 5.91 Å². The molecule has 1 radical (unpaired) electrons. The molecule has 63 valence electrons. The first kappa shape index (κ1) is 7.32. The highest BCUT2D eigenvalue weighted by Crippen LogP contribution is 2.21. The molecule has 1 aliphatic heterocycles. The number of nitrogens with one attached hydrogen (secondary N) is 1. The normalized spacial score (nSPS) is 13.1. The molecule has 0 aliphatic carbocycles. The summed E-state index contributed by atoms with van der Waals surface area (Å²) in [5.41, 5.74) is 8.24. The molecule has 0 spiro atoms. The molecule has 0 unspecified atom stereocenters. The molecule has 2 heterocycles. The number of azide groups is 1. The molecule has 0 bridgehead atoms. The van der Waals surface area contributed by atoms with Gasteiger partial charge in [0.25, 0.3) is 5.91 Å². The van der Waals surface area contributed by atoms with Crippen LogP contribution in [0.4, 0.5) is 11.8 Å². The summed E-state index contributed by atoms with van der Waals surface area (Å²) in [6.07, 6.45) is 1.10. The largest absolute Gasteiger partial charge is 0.331 e. The first-order valence-corrected chi connectivity index (χ1v) is 3.24. The van der Waals surface area contributed by atoms with Crippen molar-refractivity contribution in [2.75, 3.05) is 0 Å². The number of aromatic amines is 1. The Morgan fingerprint density at radius 2 is 2.46 bits per heavy atom. The molecule has 8 heteroatoms. The zero-order chi connectivity index (χ0) is 9.26. The highest BCUT2D eigenvalue weighted by Gasteiger charge is 2.19. The van der Waals surface area contributed by atoms with Crippen LogP contribution in [0.15, 0.2) is 10.1 Å². The van der Waals surface area contributed by atoms with Crippen molar-refractivity contribution in [2.24, 2.45) is 10.1 Å². The van der Waals surface area contributed by atoms with Gasteiger partial charge >= 0.3 is 0 Å². The molecule has 0 fully saturated rings. The van der Waals surface area contributed by atoms with Crippen LogP contribution in [0.2, 0.25) is 0 Å². The van der Waals surface area contributed by atoms with E-state index in [4.69, 9.17) is 5.53 Å². The molecule has 1 aliphatic rings. The molecule has 0 atom stereocenters. The Bertz CT molecular complexity index is 438. The lowest BCUT2D eigenvalue weighted by Crippen LogP contribution is -2.17. The second-order valence-electron chi connectivity index (χ2n) is 2.13. The first-order valence-electron chi connectivity index (χ1n) is 3.24. The van der Waals surface area contributed by atoms with Gasteiger partial charge in [0.1, 0.15) is 6.34 Å². The van der Waals surface area contributed by atoms with Gasteiger partial charge in [-0.15, -0.1) is 0 Å². The third kappa shape index (κ3) is 1.10. The minimum absolute atomic E-state index is 0.00935. The van der Waals surface area contributed by atoms with Crippen molar-refractivity contribution in [1.82, 2.24) is 15.3 Å². The predicted molar refractivity (Wildman–Crippen MR) is 42.0 cm³/mol. The minimum Gasteiger partial charge on any atom is -0.331 e. The number of hydrogen-bond donors (Lipinski definition) is 1. The number of carbonyl (C=O) groups is 1. The number of aliphatic imine (C=N–C) groups is 1.